The van der Waals surface area contributed by atoms with Gasteiger partial charge in [-0.1, -0.05) is 24.3 Å². The summed E-state index contributed by atoms with van der Waals surface area (Å²) >= 11 is 0. The van der Waals surface area contributed by atoms with E-state index in [9.17, 15) is 4.79 Å². The Morgan fingerprint density at radius 1 is 1.15 bits per heavy atom. The fourth-order valence-electron chi connectivity index (χ4n) is 3.06. The van der Waals surface area contributed by atoms with Crippen molar-refractivity contribution in [3.05, 3.63) is 77.0 Å². The standard InChI is InChI=1S/C22H22N2O2/c1-16-7-6-9-21(23-15-25)20(16)14-26-22-11-10-19(13-17(22)2)24-12-5-4-8-18(24)3/h4-11,13H,12,14H2,1-3H3. The minimum absolute atomic E-state index is 0.360. The molecule has 1 aliphatic rings. The number of nitrogens with zero attached hydrogens (tertiary/aromatic N) is 2. The Balaban J connectivity index is 1.79. The van der Waals surface area contributed by atoms with Crippen molar-refractivity contribution in [2.45, 2.75) is 27.4 Å². The van der Waals surface area contributed by atoms with Crippen molar-refractivity contribution in [3.8, 4) is 5.75 Å². The van der Waals surface area contributed by atoms with E-state index in [1.807, 2.05) is 32.0 Å². The number of carbonyl (C=O) groups excluding carboxylic acids is 1. The topological polar surface area (TPSA) is 41.9 Å². The first-order valence-corrected chi connectivity index (χ1v) is 8.61. The summed E-state index contributed by atoms with van der Waals surface area (Å²) < 4.78 is 6.02. The summed E-state index contributed by atoms with van der Waals surface area (Å²) in [6, 6.07) is 11.9. The monoisotopic (exact) mass is 346 g/mol. The number of allylic oxidation sites excluding steroid dienone is 3. The van der Waals surface area contributed by atoms with Gasteiger partial charge in [0.15, 0.2) is 0 Å². The zero-order valence-electron chi connectivity index (χ0n) is 15.3. The highest BCUT2D eigenvalue weighted by Crippen LogP contribution is 2.29. The summed E-state index contributed by atoms with van der Waals surface area (Å²) in [5.74, 6) is 0.826. The van der Waals surface area contributed by atoms with E-state index in [4.69, 9.17) is 4.74 Å². The Hall–Kier alpha value is -3.10. The number of aliphatic imine (C=N–C) groups is 1. The molecule has 2 aromatic rings. The molecule has 0 saturated heterocycles. The largest absolute Gasteiger partial charge is 0.489 e. The Morgan fingerprint density at radius 3 is 2.73 bits per heavy atom. The van der Waals surface area contributed by atoms with Crippen LogP contribution >= 0.6 is 0 Å². The third kappa shape index (κ3) is 3.76. The van der Waals surface area contributed by atoms with Crippen LogP contribution in [0.15, 0.2) is 65.3 Å². The maximum absolute atomic E-state index is 10.6. The van der Waals surface area contributed by atoms with Gasteiger partial charge in [0.25, 0.3) is 0 Å². The highest BCUT2D eigenvalue weighted by Gasteiger charge is 2.12. The summed E-state index contributed by atoms with van der Waals surface area (Å²) in [6.45, 7) is 7.37. The van der Waals surface area contributed by atoms with Crippen LogP contribution in [0.4, 0.5) is 11.4 Å². The molecule has 4 nitrogen and oxygen atoms in total. The molecule has 1 aliphatic heterocycles. The maximum Gasteiger partial charge on any atom is 0.240 e. The van der Waals surface area contributed by atoms with Crippen LogP contribution in [-0.2, 0) is 11.4 Å². The summed E-state index contributed by atoms with van der Waals surface area (Å²) in [6.07, 6.45) is 7.94. The molecule has 26 heavy (non-hydrogen) atoms. The van der Waals surface area contributed by atoms with Crippen molar-refractivity contribution in [3.63, 3.8) is 0 Å². The summed E-state index contributed by atoms with van der Waals surface area (Å²) in [5.41, 5.74) is 5.98. The molecule has 0 radical (unpaired) electrons. The predicted molar refractivity (Wildman–Crippen MR) is 105 cm³/mol. The van der Waals surface area contributed by atoms with Gasteiger partial charge in [0.2, 0.25) is 6.08 Å². The zero-order chi connectivity index (χ0) is 18.5. The lowest BCUT2D eigenvalue weighted by molar-refractivity contribution is 0.304. The molecule has 0 amide bonds. The van der Waals surface area contributed by atoms with Gasteiger partial charge in [-0.05, 0) is 62.2 Å². The van der Waals surface area contributed by atoms with Crippen LogP contribution in [0.2, 0.25) is 0 Å². The number of aryl methyl sites for hydroxylation is 2. The lowest BCUT2D eigenvalue weighted by Crippen LogP contribution is -2.22. The molecule has 4 heteroatoms. The van der Waals surface area contributed by atoms with Gasteiger partial charge in [-0.25, -0.2) is 4.79 Å². The van der Waals surface area contributed by atoms with E-state index in [2.05, 4.69) is 47.2 Å². The molecular formula is C22H22N2O2. The van der Waals surface area contributed by atoms with Gasteiger partial charge in [0.1, 0.15) is 12.4 Å². The molecule has 0 aromatic heterocycles. The van der Waals surface area contributed by atoms with E-state index in [0.29, 0.717) is 12.3 Å². The normalized spacial score (nSPS) is 13.2. The molecule has 132 valence electrons. The minimum Gasteiger partial charge on any atom is -0.489 e. The fourth-order valence-corrected chi connectivity index (χ4v) is 3.06. The second-order valence-corrected chi connectivity index (χ2v) is 6.36. The van der Waals surface area contributed by atoms with Crippen LogP contribution in [0.1, 0.15) is 23.6 Å². The maximum atomic E-state index is 10.6. The van der Waals surface area contributed by atoms with Crippen LogP contribution in [0.5, 0.6) is 5.75 Å². The molecule has 0 spiro atoms. The second kappa shape index (κ2) is 7.85. The van der Waals surface area contributed by atoms with Crippen molar-refractivity contribution in [1.82, 2.24) is 0 Å². The number of anilines is 1. The molecule has 0 unspecified atom stereocenters. The average Bonchev–Trinajstić information content (AvgIpc) is 2.63. The molecule has 3 rings (SSSR count). The molecule has 0 aliphatic carbocycles. The molecule has 0 saturated carbocycles. The first-order chi connectivity index (χ1) is 12.6. The van der Waals surface area contributed by atoms with Crippen LogP contribution in [0.25, 0.3) is 0 Å². The molecule has 0 fully saturated rings. The van der Waals surface area contributed by atoms with Gasteiger partial charge < -0.3 is 9.64 Å². The van der Waals surface area contributed by atoms with Crippen LogP contribution in [0.3, 0.4) is 0 Å². The van der Waals surface area contributed by atoms with Gasteiger partial charge in [-0.15, -0.1) is 0 Å². The highest BCUT2D eigenvalue weighted by atomic mass is 16.5. The van der Waals surface area contributed by atoms with Gasteiger partial charge in [0, 0.05) is 23.5 Å². The minimum atomic E-state index is 0.360. The van der Waals surface area contributed by atoms with E-state index in [1.54, 1.807) is 12.1 Å². The lowest BCUT2D eigenvalue weighted by Gasteiger charge is -2.27. The Labute approximate surface area is 154 Å². The third-order valence-electron chi connectivity index (χ3n) is 4.58. The number of rotatable bonds is 5. The Morgan fingerprint density at radius 2 is 2.00 bits per heavy atom. The number of hydrogen-bond donors (Lipinski definition) is 0. The van der Waals surface area contributed by atoms with Gasteiger partial charge in [0.05, 0.1) is 5.69 Å². The summed E-state index contributed by atoms with van der Waals surface area (Å²) in [5, 5.41) is 0. The zero-order valence-corrected chi connectivity index (χ0v) is 15.3. The first kappa shape index (κ1) is 17.7. The molecule has 0 N–H and O–H groups in total. The molecule has 0 bridgehead atoms. The van der Waals surface area contributed by atoms with E-state index in [0.717, 1.165) is 34.7 Å². The smallest absolute Gasteiger partial charge is 0.240 e. The molecular weight excluding hydrogens is 324 g/mol. The first-order valence-electron chi connectivity index (χ1n) is 8.61. The quantitative estimate of drug-likeness (QED) is 0.557. The lowest BCUT2D eigenvalue weighted by atomic mass is 10.1. The Bertz CT molecular complexity index is 922. The van der Waals surface area contributed by atoms with E-state index in [-0.39, 0.29) is 0 Å². The van der Waals surface area contributed by atoms with Crippen molar-refractivity contribution in [2.75, 3.05) is 11.4 Å². The van der Waals surface area contributed by atoms with Gasteiger partial charge >= 0.3 is 0 Å². The van der Waals surface area contributed by atoms with Gasteiger partial charge in [-0.2, -0.15) is 4.99 Å². The van der Waals surface area contributed by atoms with Crippen LogP contribution in [0, 0.1) is 13.8 Å². The highest BCUT2D eigenvalue weighted by molar-refractivity contribution is 5.59. The Kier molecular flexibility index (Phi) is 5.35. The van der Waals surface area contributed by atoms with Crippen molar-refractivity contribution in [1.29, 1.82) is 0 Å². The number of hydrogen-bond acceptors (Lipinski definition) is 4. The molecule has 1 heterocycles. The predicted octanol–water partition coefficient (Wildman–Crippen LogP) is 5.13. The molecule has 0 atom stereocenters. The van der Waals surface area contributed by atoms with E-state index >= 15 is 0 Å². The SMILES string of the molecule is CC1=CC=CCN1c1ccc(OCc2c(C)cccc2N=C=O)c(C)c1. The number of benzene rings is 2. The average molecular weight is 346 g/mol. The summed E-state index contributed by atoms with van der Waals surface area (Å²) in [4.78, 5) is 16.7. The van der Waals surface area contributed by atoms with E-state index in [1.165, 1.54) is 5.70 Å². The van der Waals surface area contributed by atoms with Crippen molar-refractivity contribution >= 4 is 17.5 Å². The van der Waals surface area contributed by atoms with E-state index < -0.39 is 0 Å². The van der Waals surface area contributed by atoms with Crippen molar-refractivity contribution in [2.24, 2.45) is 4.99 Å². The van der Waals surface area contributed by atoms with Gasteiger partial charge in [-0.3, -0.25) is 0 Å². The fraction of sp³-hybridized carbons (Fsp3) is 0.227. The van der Waals surface area contributed by atoms with Crippen LogP contribution < -0.4 is 9.64 Å². The van der Waals surface area contributed by atoms with Crippen molar-refractivity contribution < 1.29 is 9.53 Å². The number of ether oxygens (including phenoxy) is 1. The summed E-state index contributed by atoms with van der Waals surface area (Å²) in [7, 11) is 0. The molecule has 2 aromatic carbocycles. The third-order valence-corrected chi connectivity index (χ3v) is 4.58. The van der Waals surface area contributed by atoms with Crippen LogP contribution in [-0.4, -0.2) is 12.6 Å². The second-order valence-electron chi connectivity index (χ2n) is 6.36. The number of isocyanates is 1.